The Bertz CT molecular complexity index is 918. The van der Waals surface area contributed by atoms with Gasteiger partial charge in [0.25, 0.3) is 5.56 Å². The van der Waals surface area contributed by atoms with E-state index in [-0.39, 0.29) is 22.9 Å². The summed E-state index contributed by atoms with van der Waals surface area (Å²) in [6.45, 7) is 2.20. The van der Waals surface area contributed by atoms with E-state index in [0.29, 0.717) is 19.0 Å². The highest BCUT2D eigenvalue weighted by atomic mass is 35.5. The van der Waals surface area contributed by atoms with Crippen LogP contribution in [0.3, 0.4) is 0 Å². The number of anilines is 1. The van der Waals surface area contributed by atoms with Crippen molar-refractivity contribution in [3.63, 3.8) is 0 Å². The first-order valence-corrected chi connectivity index (χ1v) is 7.82. The Hall–Kier alpha value is -2.48. The van der Waals surface area contributed by atoms with Crippen LogP contribution in [0.15, 0.2) is 29.2 Å². The van der Waals surface area contributed by atoms with E-state index in [9.17, 15) is 23.5 Å². The second-order valence-corrected chi connectivity index (χ2v) is 6.57. The Labute approximate surface area is 146 Å². The summed E-state index contributed by atoms with van der Waals surface area (Å²) in [5.74, 6) is -2.65. The third-order valence-corrected chi connectivity index (χ3v) is 4.72. The van der Waals surface area contributed by atoms with Crippen LogP contribution in [0.1, 0.15) is 13.3 Å². The van der Waals surface area contributed by atoms with E-state index in [4.69, 9.17) is 11.6 Å². The molecule has 3 rings (SSSR count). The molecule has 1 saturated heterocycles. The molecule has 1 aliphatic rings. The van der Waals surface area contributed by atoms with Crippen LogP contribution in [0.2, 0.25) is 5.02 Å². The van der Waals surface area contributed by atoms with E-state index in [1.807, 2.05) is 0 Å². The van der Waals surface area contributed by atoms with Gasteiger partial charge in [0, 0.05) is 19.2 Å². The van der Waals surface area contributed by atoms with Gasteiger partial charge in [-0.25, -0.2) is 8.78 Å². The maximum Gasteiger partial charge on any atom is 0.311 e. The minimum absolute atomic E-state index is 0.179. The summed E-state index contributed by atoms with van der Waals surface area (Å²) in [4.78, 5) is 25.4. The van der Waals surface area contributed by atoms with Crippen LogP contribution >= 0.6 is 11.6 Å². The van der Waals surface area contributed by atoms with Crippen LogP contribution in [0, 0.1) is 17.0 Å². The predicted molar refractivity (Wildman–Crippen MR) is 87.3 cm³/mol. The van der Waals surface area contributed by atoms with Gasteiger partial charge in [-0.2, -0.15) is 9.78 Å². The highest BCUT2D eigenvalue weighted by molar-refractivity contribution is 6.33. The van der Waals surface area contributed by atoms with Gasteiger partial charge in [-0.15, -0.1) is 0 Å². The fourth-order valence-electron chi connectivity index (χ4n) is 2.81. The molecule has 0 amide bonds. The molecule has 0 aliphatic carbocycles. The van der Waals surface area contributed by atoms with Crippen molar-refractivity contribution in [1.29, 1.82) is 0 Å². The maximum absolute atomic E-state index is 13.9. The fraction of sp³-hybridized carbons (Fsp3) is 0.312. The van der Waals surface area contributed by atoms with Crippen molar-refractivity contribution in [1.82, 2.24) is 9.78 Å². The first-order chi connectivity index (χ1) is 11.7. The Balaban J connectivity index is 2.00. The molecule has 1 aromatic carbocycles. The molecule has 1 aromatic heterocycles. The molecule has 6 nitrogen and oxygen atoms in total. The van der Waals surface area contributed by atoms with Gasteiger partial charge < -0.3 is 10.0 Å². The van der Waals surface area contributed by atoms with Crippen molar-refractivity contribution in [2.24, 2.45) is 5.41 Å². The molecule has 1 unspecified atom stereocenters. The second-order valence-electron chi connectivity index (χ2n) is 6.19. The number of rotatable bonds is 3. The molecular weight excluding hydrogens is 356 g/mol. The number of halogens is 3. The minimum atomic E-state index is -0.946. The number of hydrogen-bond donors (Lipinski definition) is 1. The number of hydrogen-bond acceptors (Lipinski definition) is 4. The number of carbonyl (C=O) groups is 1. The summed E-state index contributed by atoms with van der Waals surface area (Å²) in [5, 5.41) is 13.0. The van der Waals surface area contributed by atoms with Crippen molar-refractivity contribution < 1.29 is 18.7 Å². The smallest absolute Gasteiger partial charge is 0.311 e. The zero-order chi connectivity index (χ0) is 18.4. The lowest BCUT2D eigenvalue weighted by molar-refractivity contribution is -0.146. The highest BCUT2D eigenvalue weighted by Gasteiger charge is 2.41. The van der Waals surface area contributed by atoms with Crippen LogP contribution in [-0.4, -0.2) is 33.9 Å². The number of carboxylic acids is 1. The van der Waals surface area contributed by atoms with Crippen molar-refractivity contribution in [2.75, 3.05) is 18.0 Å². The molecule has 9 heteroatoms. The van der Waals surface area contributed by atoms with Gasteiger partial charge in [-0.1, -0.05) is 11.6 Å². The Morgan fingerprint density at radius 2 is 2.08 bits per heavy atom. The minimum Gasteiger partial charge on any atom is -0.481 e. The largest absolute Gasteiger partial charge is 0.481 e. The van der Waals surface area contributed by atoms with Gasteiger partial charge in [0.1, 0.15) is 16.5 Å². The lowest BCUT2D eigenvalue weighted by Crippen LogP contribution is -2.33. The van der Waals surface area contributed by atoms with E-state index in [2.05, 4.69) is 5.10 Å². The number of carboxylic acid groups (broad SMARTS) is 1. The molecule has 2 heterocycles. The normalized spacial score (nSPS) is 20.1. The molecule has 1 aliphatic heterocycles. The van der Waals surface area contributed by atoms with Crippen LogP contribution in [0.4, 0.5) is 14.5 Å². The van der Waals surface area contributed by atoms with E-state index in [0.717, 1.165) is 16.8 Å². The first kappa shape index (κ1) is 17.3. The summed E-state index contributed by atoms with van der Waals surface area (Å²) in [6.07, 6.45) is 1.68. The molecule has 132 valence electrons. The van der Waals surface area contributed by atoms with Gasteiger partial charge in [-0.05, 0) is 25.5 Å². The predicted octanol–water partition coefficient (Wildman–Crippen LogP) is 2.47. The quantitative estimate of drug-likeness (QED) is 0.899. The topological polar surface area (TPSA) is 75.4 Å². The van der Waals surface area contributed by atoms with Gasteiger partial charge in [0.15, 0.2) is 5.82 Å². The molecule has 0 spiro atoms. The van der Waals surface area contributed by atoms with Crippen molar-refractivity contribution >= 4 is 23.3 Å². The van der Waals surface area contributed by atoms with Gasteiger partial charge in [0.2, 0.25) is 0 Å². The summed E-state index contributed by atoms with van der Waals surface area (Å²) in [7, 11) is 0. The first-order valence-electron chi connectivity index (χ1n) is 7.44. The zero-order valence-corrected chi connectivity index (χ0v) is 13.9. The van der Waals surface area contributed by atoms with E-state index in [1.54, 1.807) is 11.8 Å². The van der Waals surface area contributed by atoms with Crippen molar-refractivity contribution in [3.8, 4) is 5.69 Å². The van der Waals surface area contributed by atoms with Gasteiger partial charge in [-0.3, -0.25) is 9.59 Å². The molecule has 1 atom stereocenters. The van der Waals surface area contributed by atoms with Crippen LogP contribution in [-0.2, 0) is 4.79 Å². The Morgan fingerprint density at radius 1 is 1.36 bits per heavy atom. The maximum atomic E-state index is 13.9. The number of aromatic nitrogens is 2. The van der Waals surface area contributed by atoms with Crippen molar-refractivity contribution in [3.05, 3.63) is 51.4 Å². The van der Waals surface area contributed by atoms with Crippen molar-refractivity contribution in [2.45, 2.75) is 13.3 Å². The molecule has 1 N–H and O–H groups in total. The molecule has 25 heavy (non-hydrogen) atoms. The molecule has 2 aromatic rings. The summed E-state index contributed by atoms with van der Waals surface area (Å²) >= 11 is 6.13. The van der Waals surface area contributed by atoms with Crippen LogP contribution < -0.4 is 10.5 Å². The Morgan fingerprint density at radius 3 is 2.68 bits per heavy atom. The standard InChI is InChI=1S/C16H14ClF2N3O3/c1-16(15(24)25)4-5-21(8-16)12-7-20-22(14(23)13(12)17)11-3-2-9(18)6-10(11)19/h2-3,6-7H,4-5,8H2,1H3,(H,24,25). The third kappa shape index (κ3) is 2.97. The monoisotopic (exact) mass is 369 g/mol. The fourth-order valence-corrected chi connectivity index (χ4v) is 3.06. The average molecular weight is 370 g/mol. The number of nitrogens with zero attached hydrogens (tertiary/aromatic N) is 3. The summed E-state index contributed by atoms with van der Waals surface area (Å²) in [5.41, 5.74) is -1.65. The average Bonchev–Trinajstić information content (AvgIpc) is 2.94. The van der Waals surface area contributed by atoms with Crippen LogP contribution in [0.25, 0.3) is 5.69 Å². The van der Waals surface area contributed by atoms with Gasteiger partial charge >= 0.3 is 5.97 Å². The molecule has 1 fully saturated rings. The van der Waals surface area contributed by atoms with E-state index >= 15 is 0 Å². The highest BCUT2D eigenvalue weighted by Crippen LogP contribution is 2.35. The Kier molecular flexibility index (Phi) is 4.24. The molecule has 0 bridgehead atoms. The summed E-state index contributed by atoms with van der Waals surface area (Å²) in [6, 6.07) is 2.74. The molecule has 0 saturated carbocycles. The third-order valence-electron chi connectivity index (χ3n) is 4.37. The van der Waals surface area contributed by atoms with Gasteiger partial charge in [0.05, 0.1) is 17.3 Å². The second kappa shape index (κ2) is 6.11. The molecular formula is C16H14ClF2N3O3. The van der Waals surface area contributed by atoms with E-state index < -0.39 is 28.6 Å². The number of benzene rings is 1. The zero-order valence-electron chi connectivity index (χ0n) is 13.2. The molecule has 0 radical (unpaired) electrons. The summed E-state index contributed by atoms with van der Waals surface area (Å²) < 4.78 is 27.6. The lowest BCUT2D eigenvalue weighted by Gasteiger charge is -2.22. The van der Waals surface area contributed by atoms with E-state index in [1.165, 1.54) is 6.20 Å². The van der Waals surface area contributed by atoms with Crippen LogP contribution in [0.5, 0.6) is 0 Å². The number of aliphatic carboxylic acids is 1. The lowest BCUT2D eigenvalue weighted by atomic mass is 9.90. The SMILES string of the molecule is CC1(C(=O)O)CCN(c2cnn(-c3ccc(F)cc3F)c(=O)c2Cl)C1.